The van der Waals surface area contributed by atoms with Gasteiger partial charge in [0.25, 0.3) is 0 Å². The van der Waals surface area contributed by atoms with Gasteiger partial charge >= 0.3 is 0 Å². The van der Waals surface area contributed by atoms with Gasteiger partial charge in [0.05, 0.1) is 4.34 Å². The van der Waals surface area contributed by atoms with Crippen molar-refractivity contribution in [3.8, 4) is 0 Å². The van der Waals surface area contributed by atoms with E-state index >= 15 is 0 Å². The van der Waals surface area contributed by atoms with Crippen molar-refractivity contribution in [2.24, 2.45) is 5.92 Å². The van der Waals surface area contributed by atoms with Crippen LogP contribution in [0.5, 0.6) is 0 Å². The van der Waals surface area contributed by atoms with Crippen LogP contribution in [0.15, 0.2) is 16.3 Å². The Labute approximate surface area is 111 Å². The van der Waals surface area contributed by atoms with Crippen LogP contribution < -0.4 is 4.72 Å². The zero-order chi connectivity index (χ0) is 12.3. The van der Waals surface area contributed by atoms with E-state index in [0.717, 1.165) is 24.2 Å². The molecule has 0 aliphatic heterocycles. The quantitative estimate of drug-likeness (QED) is 0.926. The van der Waals surface area contributed by atoms with Gasteiger partial charge in [-0.3, -0.25) is 0 Å². The van der Waals surface area contributed by atoms with E-state index in [1.165, 1.54) is 19.3 Å². The van der Waals surface area contributed by atoms with Crippen LogP contribution in [0, 0.1) is 5.92 Å². The van der Waals surface area contributed by atoms with Crippen LogP contribution >= 0.6 is 22.9 Å². The summed E-state index contributed by atoms with van der Waals surface area (Å²) in [5.74, 6) is 0.494. The van der Waals surface area contributed by atoms with Crippen molar-refractivity contribution in [1.29, 1.82) is 0 Å². The fourth-order valence-corrected chi connectivity index (χ4v) is 4.78. The van der Waals surface area contributed by atoms with Crippen LogP contribution in [-0.2, 0) is 10.0 Å². The van der Waals surface area contributed by atoms with Gasteiger partial charge in [0, 0.05) is 6.54 Å². The summed E-state index contributed by atoms with van der Waals surface area (Å²) < 4.78 is 27.3. The number of hydrogen-bond acceptors (Lipinski definition) is 3. The van der Waals surface area contributed by atoms with Crippen LogP contribution in [0.25, 0.3) is 0 Å². The Morgan fingerprint density at radius 3 is 2.59 bits per heavy atom. The van der Waals surface area contributed by atoms with Crippen LogP contribution in [-0.4, -0.2) is 15.0 Å². The van der Waals surface area contributed by atoms with Gasteiger partial charge in [0.1, 0.15) is 4.21 Å². The molecule has 0 atom stereocenters. The number of sulfonamides is 1. The molecule has 1 aliphatic rings. The average Bonchev–Trinajstić information content (AvgIpc) is 2.76. The molecular formula is C11H16ClNO2S2. The Hall–Kier alpha value is -0.100. The zero-order valence-corrected chi connectivity index (χ0v) is 11.9. The van der Waals surface area contributed by atoms with Gasteiger partial charge in [-0.1, -0.05) is 30.9 Å². The predicted octanol–water partition coefficient (Wildman–Crippen LogP) is 3.26. The molecule has 0 bridgehead atoms. The fourth-order valence-electron chi connectivity index (χ4n) is 2.13. The van der Waals surface area contributed by atoms with Crippen molar-refractivity contribution in [2.75, 3.05) is 6.54 Å². The second kappa shape index (κ2) is 5.69. The smallest absolute Gasteiger partial charge is 0.210 e. The summed E-state index contributed by atoms with van der Waals surface area (Å²) in [6.07, 6.45) is 5.99. The van der Waals surface area contributed by atoms with Crippen molar-refractivity contribution < 1.29 is 8.42 Å². The molecule has 1 N–H and O–H groups in total. The summed E-state index contributed by atoms with van der Waals surface area (Å²) in [4.78, 5) is 0. The molecule has 1 aliphatic carbocycles. The molecule has 1 saturated carbocycles. The normalized spacial score (nSPS) is 18.4. The van der Waals surface area contributed by atoms with Crippen molar-refractivity contribution in [3.63, 3.8) is 0 Å². The molecule has 1 fully saturated rings. The molecule has 0 aromatic carbocycles. The summed E-state index contributed by atoms with van der Waals surface area (Å²) in [5.41, 5.74) is 0. The number of hydrogen-bond donors (Lipinski definition) is 1. The maximum Gasteiger partial charge on any atom is 0.250 e. The van der Waals surface area contributed by atoms with Crippen LogP contribution in [0.1, 0.15) is 32.1 Å². The molecule has 3 nitrogen and oxygen atoms in total. The topological polar surface area (TPSA) is 46.2 Å². The third-order valence-corrected chi connectivity index (χ3v) is 6.25. The van der Waals surface area contributed by atoms with Gasteiger partial charge in [-0.2, -0.15) is 0 Å². The first-order valence-electron chi connectivity index (χ1n) is 5.83. The molecule has 0 amide bonds. The van der Waals surface area contributed by atoms with Gasteiger partial charge < -0.3 is 0 Å². The maximum absolute atomic E-state index is 11.9. The lowest BCUT2D eigenvalue weighted by Crippen LogP contribution is -2.29. The Balaban J connectivity index is 1.93. The van der Waals surface area contributed by atoms with Crippen LogP contribution in [0.3, 0.4) is 0 Å². The number of thiophene rings is 1. The molecule has 1 aromatic heterocycles. The SMILES string of the molecule is O=S(=O)(NCC1CCCCC1)c1ccc(Cl)s1. The first kappa shape index (κ1) is 13.3. The second-order valence-corrected chi connectivity index (χ2v) is 8.12. The first-order chi connectivity index (χ1) is 8.08. The highest BCUT2D eigenvalue weighted by molar-refractivity contribution is 7.91. The standard InChI is InChI=1S/C11H16ClNO2S2/c12-10-6-7-11(16-10)17(14,15)13-8-9-4-2-1-3-5-9/h6-7,9,13H,1-5,8H2. The minimum Gasteiger partial charge on any atom is -0.210 e. The maximum atomic E-state index is 11.9. The zero-order valence-electron chi connectivity index (χ0n) is 9.49. The lowest BCUT2D eigenvalue weighted by molar-refractivity contribution is 0.357. The van der Waals surface area contributed by atoms with Gasteiger partial charge in [0.2, 0.25) is 10.0 Å². The van der Waals surface area contributed by atoms with Gasteiger partial charge in [-0.05, 0) is 30.9 Å². The number of rotatable bonds is 4. The predicted molar refractivity (Wildman–Crippen MR) is 71.1 cm³/mol. The lowest BCUT2D eigenvalue weighted by atomic mass is 9.90. The molecule has 1 heterocycles. The van der Waals surface area contributed by atoms with E-state index in [1.54, 1.807) is 12.1 Å². The van der Waals surface area contributed by atoms with E-state index < -0.39 is 10.0 Å². The van der Waals surface area contributed by atoms with E-state index in [9.17, 15) is 8.42 Å². The summed E-state index contributed by atoms with van der Waals surface area (Å²) in [7, 11) is -3.35. The Kier molecular flexibility index (Phi) is 4.47. The van der Waals surface area contributed by atoms with Gasteiger partial charge in [0.15, 0.2) is 0 Å². The molecule has 17 heavy (non-hydrogen) atoms. The van der Waals surface area contributed by atoms with Gasteiger partial charge in [-0.15, -0.1) is 11.3 Å². The molecule has 0 radical (unpaired) electrons. The first-order valence-corrected chi connectivity index (χ1v) is 8.51. The summed E-state index contributed by atoms with van der Waals surface area (Å²) >= 11 is 6.84. The van der Waals surface area contributed by atoms with Crippen molar-refractivity contribution in [2.45, 2.75) is 36.3 Å². The van der Waals surface area contributed by atoms with Crippen LogP contribution in [0.2, 0.25) is 4.34 Å². The third-order valence-electron chi connectivity index (χ3n) is 3.10. The Morgan fingerprint density at radius 2 is 2.00 bits per heavy atom. The van der Waals surface area contributed by atoms with Crippen LogP contribution in [0.4, 0.5) is 0 Å². The molecule has 0 unspecified atom stereocenters. The lowest BCUT2D eigenvalue weighted by Gasteiger charge is -2.21. The van der Waals surface area contributed by atoms with E-state index in [2.05, 4.69) is 4.72 Å². The highest BCUT2D eigenvalue weighted by Gasteiger charge is 2.20. The third kappa shape index (κ3) is 3.68. The summed E-state index contributed by atoms with van der Waals surface area (Å²) in [6.45, 7) is 0.553. The van der Waals surface area contributed by atoms with E-state index in [4.69, 9.17) is 11.6 Å². The largest absolute Gasteiger partial charge is 0.250 e. The molecular weight excluding hydrogens is 278 g/mol. The minimum atomic E-state index is -3.35. The van der Waals surface area contributed by atoms with Crippen molar-refractivity contribution in [1.82, 2.24) is 4.72 Å². The molecule has 2 rings (SSSR count). The molecule has 6 heteroatoms. The highest BCUT2D eigenvalue weighted by Crippen LogP contribution is 2.26. The van der Waals surface area contributed by atoms with E-state index in [0.29, 0.717) is 21.0 Å². The van der Waals surface area contributed by atoms with Gasteiger partial charge in [-0.25, -0.2) is 13.1 Å². The number of nitrogens with one attached hydrogen (secondary N) is 1. The molecule has 1 aromatic rings. The average molecular weight is 294 g/mol. The molecule has 96 valence electrons. The van der Waals surface area contributed by atoms with E-state index in [1.807, 2.05) is 0 Å². The monoisotopic (exact) mass is 293 g/mol. The summed E-state index contributed by atoms with van der Waals surface area (Å²) in [6, 6.07) is 3.16. The highest BCUT2D eigenvalue weighted by atomic mass is 35.5. The fraction of sp³-hybridized carbons (Fsp3) is 0.636. The molecule has 0 saturated heterocycles. The second-order valence-electron chi connectivity index (χ2n) is 4.41. The van der Waals surface area contributed by atoms with E-state index in [-0.39, 0.29) is 0 Å². The Morgan fingerprint density at radius 1 is 1.29 bits per heavy atom. The van der Waals surface area contributed by atoms with Crippen molar-refractivity contribution in [3.05, 3.63) is 16.5 Å². The Bertz CT molecular complexity index is 464. The minimum absolute atomic E-state index is 0.304. The molecule has 0 spiro atoms. The number of halogens is 1. The van der Waals surface area contributed by atoms with Crippen molar-refractivity contribution >= 4 is 33.0 Å². The summed E-state index contributed by atoms with van der Waals surface area (Å²) in [5, 5.41) is 0.